The van der Waals surface area contributed by atoms with Crippen LogP contribution in [0.3, 0.4) is 0 Å². The van der Waals surface area contributed by atoms with Crippen molar-refractivity contribution in [2.45, 2.75) is 13.5 Å². The van der Waals surface area contributed by atoms with Gasteiger partial charge in [0.15, 0.2) is 0 Å². The highest BCUT2D eigenvalue weighted by Gasteiger charge is 2.20. The number of benzene rings is 1. The summed E-state index contributed by atoms with van der Waals surface area (Å²) in [4.78, 5) is 16.8. The molecule has 0 radical (unpaired) electrons. The second-order valence-electron chi connectivity index (χ2n) is 5.32. The number of hydrogen-bond acceptors (Lipinski definition) is 2. The summed E-state index contributed by atoms with van der Waals surface area (Å²) < 4.78 is 2.05. The van der Waals surface area contributed by atoms with E-state index in [1.807, 2.05) is 27.8 Å². The molecule has 1 aliphatic rings. The van der Waals surface area contributed by atoms with E-state index in [1.165, 1.54) is 5.39 Å². The van der Waals surface area contributed by atoms with Crippen LogP contribution < -0.4 is 0 Å². The number of nitrogens with zero attached hydrogens (tertiary/aromatic N) is 3. The first-order valence-corrected chi connectivity index (χ1v) is 7.32. The molecule has 4 nitrogen and oxygen atoms in total. The van der Waals surface area contributed by atoms with Crippen molar-refractivity contribution in [2.75, 3.05) is 32.7 Å². The van der Waals surface area contributed by atoms with Crippen LogP contribution in [0, 0.1) is 0 Å². The number of piperazine rings is 1. The fourth-order valence-electron chi connectivity index (χ4n) is 2.84. The zero-order valence-electron chi connectivity index (χ0n) is 12.0. The maximum absolute atomic E-state index is 12.4. The number of amides is 1. The lowest BCUT2D eigenvalue weighted by atomic mass is 10.2. The summed E-state index contributed by atoms with van der Waals surface area (Å²) in [6.45, 7) is 7.38. The van der Waals surface area contributed by atoms with Crippen molar-refractivity contribution in [2.24, 2.45) is 0 Å². The smallest absolute Gasteiger partial charge is 0.242 e. The van der Waals surface area contributed by atoms with Gasteiger partial charge in [0.05, 0.1) is 0 Å². The van der Waals surface area contributed by atoms with Crippen LogP contribution in [0.15, 0.2) is 36.5 Å². The Bertz CT molecular complexity index is 597. The topological polar surface area (TPSA) is 28.5 Å². The molecule has 0 unspecified atom stereocenters. The van der Waals surface area contributed by atoms with Crippen LogP contribution in [-0.4, -0.2) is 53.0 Å². The predicted molar refractivity (Wildman–Crippen MR) is 80.6 cm³/mol. The third kappa shape index (κ3) is 2.56. The van der Waals surface area contributed by atoms with Gasteiger partial charge in [0.25, 0.3) is 0 Å². The highest BCUT2D eigenvalue weighted by molar-refractivity contribution is 5.83. The largest absolute Gasteiger partial charge is 0.339 e. The van der Waals surface area contributed by atoms with Gasteiger partial charge in [-0.15, -0.1) is 0 Å². The van der Waals surface area contributed by atoms with Crippen LogP contribution in [0.1, 0.15) is 6.92 Å². The monoisotopic (exact) mass is 271 g/mol. The molecule has 1 aliphatic heterocycles. The lowest BCUT2D eigenvalue weighted by Crippen LogP contribution is -2.49. The summed E-state index contributed by atoms with van der Waals surface area (Å²) in [5.74, 6) is 0.224. The Labute approximate surface area is 119 Å². The molecule has 0 saturated carbocycles. The molecule has 3 rings (SSSR count). The third-order valence-electron chi connectivity index (χ3n) is 4.16. The maximum atomic E-state index is 12.4. The third-order valence-corrected chi connectivity index (χ3v) is 4.16. The van der Waals surface area contributed by atoms with Crippen molar-refractivity contribution in [1.82, 2.24) is 14.4 Å². The van der Waals surface area contributed by atoms with Crippen LogP contribution in [-0.2, 0) is 11.3 Å². The molecule has 0 bridgehead atoms. The molecule has 2 aromatic rings. The van der Waals surface area contributed by atoms with E-state index in [-0.39, 0.29) is 5.91 Å². The Morgan fingerprint density at radius 3 is 2.60 bits per heavy atom. The molecule has 0 aliphatic carbocycles. The van der Waals surface area contributed by atoms with Crippen LogP contribution in [0.25, 0.3) is 10.9 Å². The van der Waals surface area contributed by atoms with Gasteiger partial charge in [-0.2, -0.15) is 0 Å². The van der Waals surface area contributed by atoms with Gasteiger partial charge in [-0.3, -0.25) is 4.79 Å². The standard InChI is InChI=1S/C16H21N3O/c1-2-17-9-11-18(12-10-17)16(20)13-19-8-7-14-5-3-4-6-15(14)19/h3-8H,2,9-13H2,1H3. The molecule has 106 valence electrons. The summed E-state index contributed by atoms with van der Waals surface area (Å²) in [7, 11) is 0. The number of aromatic nitrogens is 1. The van der Waals surface area contributed by atoms with Crippen LogP contribution >= 0.6 is 0 Å². The van der Waals surface area contributed by atoms with Gasteiger partial charge in [0.1, 0.15) is 6.54 Å². The molecular formula is C16H21N3O. The molecular weight excluding hydrogens is 250 g/mol. The Morgan fingerprint density at radius 2 is 1.85 bits per heavy atom. The average Bonchev–Trinajstić information content (AvgIpc) is 2.91. The first kappa shape index (κ1) is 13.2. The van der Waals surface area contributed by atoms with Gasteiger partial charge in [-0.25, -0.2) is 0 Å². The van der Waals surface area contributed by atoms with Crippen molar-refractivity contribution in [1.29, 1.82) is 0 Å². The van der Waals surface area contributed by atoms with Gasteiger partial charge in [0, 0.05) is 37.9 Å². The molecule has 1 aromatic carbocycles. The minimum Gasteiger partial charge on any atom is -0.339 e. The molecule has 1 aromatic heterocycles. The van der Waals surface area contributed by atoms with E-state index in [9.17, 15) is 4.79 Å². The van der Waals surface area contributed by atoms with Crippen molar-refractivity contribution < 1.29 is 4.79 Å². The number of fused-ring (bicyclic) bond motifs is 1. The SMILES string of the molecule is CCN1CCN(C(=O)Cn2ccc3ccccc32)CC1. The minimum absolute atomic E-state index is 0.224. The number of hydrogen-bond donors (Lipinski definition) is 0. The highest BCUT2D eigenvalue weighted by atomic mass is 16.2. The number of carbonyl (C=O) groups excluding carboxylic acids is 1. The van der Waals surface area contributed by atoms with Gasteiger partial charge >= 0.3 is 0 Å². The lowest BCUT2D eigenvalue weighted by Gasteiger charge is -2.34. The second-order valence-corrected chi connectivity index (χ2v) is 5.32. The molecule has 4 heteroatoms. The van der Waals surface area contributed by atoms with Crippen molar-refractivity contribution in [3.8, 4) is 0 Å². The molecule has 2 heterocycles. The zero-order chi connectivity index (χ0) is 13.9. The Balaban J connectivity index is 1.67. The van der Waals surface area contributed by atoms with E-state index in [1.54, 1.807) is 0 Å². The number of para-hydroxylation sites is 1. The van der Waals surface area contributed by atoms with Gasteiger partial charge in [0.2, 0.25) is 5.91 Å². The molecule has 0 atom stereocenters. The van der Waals surface area contributed by atoms with Gasteiger partial charge in [-0.05, 0) is 24.1 Å². The van der Waals surface area contributed by atoms with Crippen molar-refractivity contribution in [3.63, 3.8) is 0 Å². The molecule has 20 heavy (non-hydrogen) atoms. The van der Waals surface area contributed by atoms with Crippen LogP contribution in [0.2, 0.25) is 0 Å². The number of likely N-dealkylation sites (N-methyl/N-ethyl adjacent to an activating group) is 1. The van der Waals surface area contributed by atoms with Crippen LogP contribution in [0.5, 0.6) is 0 Å². The van der Waals surface area contributed by atoms with E-state index in [0.717, 1.165) is 38.2 Å². The molecule has 0 N–H and O–H groups in total. The summed E-state index contributed by atoms with van der Waals surface area (Å²) in [6, 6.07) is 10.3. The summed E-state index contributed by atoms with van der Waals surface area (Å²) in [5.41, 5.74) is 1.13. The van der Waals surface area contributed by atoms with E-state index in [0.29, 0.717) is 6.54 Å². The fraction of sp³-hybridized carbons (Fsp3) is 0.438. The summed E-state index contributed by atoms with van der Waals surface area (Å²) in [5, 5.41) is 1.19. The van der Waals surface area contributed by atoms with E-state index in [4.69, 9.17) is 0 Å². The van der Waals surface area contributed by atoms with Crippen molar-refractivity contribution in [3.05, 3.63) is 36.5 Å². The van der Waals surface area contributed by atoms with Crippen molar-refractivity contribution >= 4 is 16.8 Å². The molecule has 0 spiro atoms. The maximum Gasteiger partial charge on any atom is 0.242 e. The first-order valence-electron chi connectivity index (χ1n) is 7.32. The van der Waals surface area contributed by atoms with Gasteiger partial charge < -0.3 is 14.4 Å². The molecule has 1 saturated heterocycles. The quantitative estimate of drug-likeness (QED) is 0.851. The minimum atomic E-state index is 0.224. The second kappa shape index (κ2) is 5.67. The predicted octanol–water partition coefficient (Wildman–Crippen LogP) is 1.81. The average molecular weight is 271 g/mol. The molecule has 1 amide bonds. The summed E-state index contributed by atoms with van der Waals surface area (Å²) in [6.07, 6.45) is 2.00. The first-order chi connectivity index (χ1) is 9.78. The van der Waals surface area contributed by atoms with E-state index < -0.39 is 0 Å². The Hall–Kier alpha value is -1.81. The highest BCUT2D eigenvalue weighted by Crippen LogP contribution is 2.15. The lowest BCUT2D eigenvalue weighted by molar-refractivity contribution is -0.133. The number of rotatable bonds is 3. The van der Waals surface area contributed by atoms with Gasteiger partial charge in [-0.1, -0.05) is 25.1 Å². The zero-order valence-corrected chi connectivity index (χ0v) is 12.0. The van der Waals surface area contributed by atoms with Crippen LogP contribution in [0.4, 0.5) is 0 Å². The summed E-state index contributed by atoms with van der Waals surface area (Å²) >= 11 is 0. The Kier molecular flexibility index (Phi) is 3.74. The van der Waals surface area contributed by atoms with E-state index in [2.05, 4.69) is 30.0 Å². The van der Waals surface area contributed by atoms with E-state index >= 15 is 0 Å². The Morgan fingerprint density at radius 1 is 1.10 bits per heavy atom. The fourth-order valence-corrected chi connectivity index (χ4v) is 2.84. The molecule has 1 fully saturated rings. The normalized spacial score (nSPS) is 16.8. The number of carbonyl (C=O) groups is 1.